The highest BCUT2D eigenvalue weighted by atomic mass is 79.9. The van der Waals surface area contributed by atoms with Crippen molar-refractivity contribution in [1.29, 1.82) is 0 Å². The SMILES string of the molecule is O=C(O)CCCNc1ccccc1Br. The number of hydrogen-bond acceptors (Lipinski definition) is 2. The number of carboxylic acid groups (broad SMARTS) is 1. The van der Waals surface area contributed by atoms with Crippen molar-refractivity contribution < 1.29 is 9.90 Å². The van der Waals surface area contributed by atoms with E-state index in [1.165, 1.54) is 0 Å². The minimum atomic E-state index is -0.751. The molecule has 0 saturated heterocycles. The summed E-state index contributed by atoms with van der Waals surface area (Å²) >= 11 is 3.40. The molecule has 0 saturated carbocycles. The highest BCUT2D eigenvalue weighted by Crippen LogP contribution is 2.20. The molecule has 0 aromatic heterocycles. The minimum absolute atomic E-state index is 0.206. The van der Waals surface area contributed by atoms with Gasteiger partial charge in [-0.05, 0) is 34.5 Å². The molecule has 0 radical (unpaired) electrons. The van der Waals surface area contributed by atoms with Crippen LogP contribution in [-0.4, -0.2) is 17.6 Å². The maximum atomic E-state index is 10.2. The van der Waals surface area contributed by atoms with Crippen LogP contribution in [0.1, 0.15) is 12.8 Å². The molecule has 0 fully saturated rings. The lowest BCUT2D eigenvalue weighted by atomic mass is 10.3. The van der Waals surface area contributed by atoms with E-state index in [1.807, 2.05) is 24.3 Å². The second-order valence-corrected chi connectivity index (χ2v) is 3.76. The standard InChI is InChI=1S/C10H12BrNO2/c11-8-4-1-2-5-9(8)12-7-3-6-10(13)14/h1-2,4-5,12H,3,6-7H2,(H,13,14). The van der Waals surface area contributed by atoms with Crippen molar-refractivity contribution in [3.05, 3.63) is 28.7 Å². The van der Waals surface area contributed by atoms with Gasteiger partial charge in [0.15, 0.2) is 0 Å². The number of aliphatic carboxylic acids is 1. The summed E-state index contributed by atoms with van der Waals surface area (Å²) in [6.45, 7) is 0.676. The Balaban J connectivity index is 2.31. The maximum Gasteiger partial charge on any atom is 0.303 e. The molecule has 4 heteroatoms. The molecule has 0 unspecified atom stereocenters. The summed E-state index contributed by atoms with van der Waals surface area (Å²) in [5, 5.41) is 11.6. The summed E-state index contributed by atoms with van der Waals surface area (Å²) in [5.74, 6) is -0.751. The highest BCUT2D eigenvalue weighted by molar-refractivity contribution is 9.10. The summed E-state index contributed by atoms with van der Waals surface area (Å²) in [7, 11) is 0. The van der Waals surface area contributed by atoms with E-state index in [9.17, 15) is 4.79 Å². The number of carbonyl (C=O) groups is 1. The average molecular weight is 258 g/mol. The number of halogens is 1. The van der Waals surface area contributed by atoms with E-state index in [0.29, 0.717) is 13.0 Å². The van der Waals surface area contributed by atoms with E-state index < -0.39 is 5.97 Å². The van der Waals surface area contributed by atoms with E-state index in [0.717, 1.165) is 10.2 Å². The topological polar surface area (TPSA) is 49.3 Å². The quantitative estimate of drug-likeness (QED) is 0.798. The lowest BCUT2D eigenvalue weighted by Crippen LogP contribution is -2.04. The monoisotopic (exact) mass is 257 g/mol. The molecule has 1 aromatic carbocycles. The first-order valence-electron chi connectivity index (χ1n) is 4.40. The molecule has 3 nitrogen and oxygen atoms in total. The molecular weight excluding hydrogens is 246 g/mol. The first-order valence-corrected chi connectivity index (χ1v) is 5.19. The Hall–Kier alpha value is -1.03. The van der Waals surface area contributed by atoms with Crippen LogP contribution >= 0.6 is 15.9 Å². The van der Waals surface area contributed by atoms with Gasteiger partial charge in [0.25, 0.3) is 0 Å². The first-order chi connectivity index (χ1) is 6.70. The average Bonchev–Trinajstić information content (AvgIpc) is 2.15. The third-order valence-corrected chi connectivity index (χ3v) is 2.45. The second-order valence-electron chi connectivity index (χ2n) is 2.90. The molecule has 1 rings (SSSR count). The number of anilines is 1. The Kier molecular flexibility index (Phi) is 4.46. The fourth-order valence-corrected chi connectivity index (χ4v) is 1.49. The van der Waals surface area contributed by atoms with Crippen LogP contribution in [0, 0.1) is 0 Å². The molecule has 0 spiro atoms. The number of rotatable bonds is 5. The van der Waals surface area contributed by atoms with E-state index in [-0.39, 0.29) is 6.42 Å². The smallest absolute Gasteiger partial charge is 0.303 e. The van der Waals surface area contributed by atoms with Gasteiger partial charge in [-0.25, -0.2) is 0 Å². The molecule has 0 aliphatic heterocycles. The van der Waals surface area contributed by atoms with Crippen molar-refractivity contribution in [2.45, 2.75) is 12.8 Å². The van der Waals surface area contributed by atoms with Gasteiger partial charge in [0.2, 0.25) is 0 Å². The summed E-state index contributed by atoms with van der Waals surface area (Å²) in [6.07, 6.45) is 0.841. The van der Waals surface area contributed by atoms with Gasteiger partial charge >= 0.3 is 5.97 Å². The van der Waals surface area contributed by atoms with Gasteiger partial charge in [-0.3, -0.25) is 4.79 Å². The summed E-state index contributed by atoms with van der Waals surface area (Å²) in [4.78, 5) is 10.2. The fraction of sp³-hybridized carbons (Fsp3) is 0.300. The van der Waals surface area contributed by atoms with E-state index in [1.54, 1.807) is 0 Å². The Morgan fingerprint density at radius 3 is 2.79 bits per heavy atom. The van der Waals surface area contributed by atoms with E-state index >= 15 is 0 Å². The van der Waals surface area contributed by atoms with Crippen LogP contribution in [-0.2, 0) is 4.79 Å². The zero-order valence-electron chi connectivity index (χ0n) is 7.66. The molecule has 0 bridgehead atoms. The lowest BCUT2D eigenvalue weighted by Gasteiger charge is -2.06. The molecule has 2 N–H and O–H groups in total. The van der Waals surface area contributed by atoms with Crippen LogP contribution < -0.4 is 5.32 Å². The van der Waals surface area contributed by atoms with Gasteiger partial charge in [-0.2, -0.15) is 0 Å². The number of nitrogens with one attached hydrogen (secondary N) is 1. The molecule has 14 heavy (non-hydrogen) atoms. The van der Waals surface area contributed by atoms with E-state index in [4.69, 9.17) is 5.11 Å². The van der Waals surface area contributed by atoms with Crippen molar-refractivity contribution >= 4 is 27.6 Å². The molecule has 76 valence electrons. The maximum absolute atomic E-state index is 10.2. The summed E-state index contributed by atoms with van der Waals surface area (Å²) in [5.41, 5.74) is 0.998. The number of benzene rings is 1. The third kappa shape index (κ3) is 3.79. The van der Waals surface area contributed by atoms with Gasteiger partial charge in [0, 0.05) is 23.1 Å². The van der Waals surface area contributed by atoms with Gasteiger partial charge < -0.3 is 10.4 Å². The largest absolute Gasteiger partial charge is 0.481 e. The zero-order valence-corrected chi connectivity index (χ0v) is 9.25. The van der Waals surface area contributed by atoms with Gasteiger partial charge in [0.05, 0.1) is 0 Å². The zero-order chi connectivity index (χ0) is 10.4. The third-order valence-electron chi connectivity index (χ3n) is 1.76. The Morgan fingerprint density at radius 1 is 1.43 bits per heavy atom. The van der Waals surface area contributed by atoms with Crippen LogP contribution in [0.2, 0.25) is 0 Å². The lowest BCUT2D eigenvalue weighted by molar-refractivity contribution is -0.137. The molecular formula is C10H12BrNO2. The normalized spacial score (nSPS) is 9.79. The first kappa shape index (κ1) is 11.0. The number of para-hydroxylation sites is 1. The van der Waals surface area contributed by atoms with Crippen molar-refractivity contribution in [3.63, 3.8) is 0 Å². The highest BCUT2D eigenvalue weighted by Gasteiger charge is 1.98. The Bertz CT molecular complexity index is 315. The van der Waals surface area contributed by atoms with Gasteiger partial charge in [0.1, 0.15) is 0 Å². The molecule has 0 amide bonds. The molecule has 0 heterocycles. The molecule has 0 atom stereocenters. The predicted octanol–water partition coefficient (Wildman–Crippen LogP) is 2.73. The fourth-order valence-electron chi connectivity index (χ4n) is 1.07. The van der Waals surface area contributed by atoms with Gasteiger partial charge in [-0.1, -0.05) is 12.1 Å². The van der Waals surface area contributed by atoms with Crippen molar-refractivity contribution in [2.75, 3.05) is 11.9 Å². The van der Waals surface area contributed by atoms with Crippen LogP contribution in [0.4, 0.5) is 5.69 Å². The predicted molar refractivity (Wildman–Crippen MR) is 59.5 cm³/mol. The minimum Gasteiger partial charge on any atom is -0.481 e. The number of hydrogen-bond donors (Lipinski definition) is 2. The van der Waals surface area contributed by atoms with Crippen LogP contribution in [0.15, 0.2) is 28.7 Å². The second kappa shape index (κ2) is 5.65. The molecule has 0 aliphatic carbocycles. The van der Waals surface area contributed by atoms with Crippen molar-refractivity contribution in [1.82, 2.24) is 0 Å². The molecule has 1 aromatic rings. The number of carboxylic acids is 1. The van der Waals surface area contributed by atoms with Crippen LogP contribution in [0.5, 0.6) is 0 Å². The van der Waals surface area contributed by atoms with E-state index in [2.05, 4.69) is 21.2 Å². The van der Waals surface area contributed by atoms with Crippen LogP contribution in [0.25, 0.3) is 0 Å². The van der Waals surface area contributed by atoms with Crippen molar-refractivity contribution in [3.8, 4) is 0 Å². The van der Waals surface area contributed by atoms with Gasteiger partial charge in [-0.15, -0.1) is 0 Å². The summed E-state index contributed by atoms with van der Waals surface area (Å²) < 4.78 is 0.996. The Labute approximate surface area is 91.3 Å². The van der Waals surface area contributed by atoms with Crippen molar-refractivity contribution in [2.24, 2.45) is 0 Å². The van der Waals surface area contributed by atoms with Crippen LogP contribution in [0.3, 0.4) is 0 Å². The Morgan fingerprint density at radius 2 is 2.14 bits per heavy atom. The summed E-state index contributed by atoms with van der Waals surface area (Å²) in [6, 6.07) is 7.77. The molecule has 0 aliphatic rings.